The Labute approximate surface area is 209 Å². The number of benzene rings is 3. The molecule has 10 heteroatoms. The van der Waals surface area contributed by atoms with Gasteiger partial charge in [-0.3, -0.25) is 9.10 Å². The van der Waals surface area contributed by atoms with Crippen molar-refractivity contribution in [2.24, 2.45) is 0 Å². The molecule has 0 saturated heterocycles. The van der Waals surface area contributed by atoms with E-state index in [0.717, 1.165) is 15.6 Å². The van der Waals surface area contributed by atoms with E-state index in [9.17, 15) is 13.2 Å². The average Bonchev–Trinajstić information content (AvgIpc) is 2.86. The molecule has 8 nitrogen and oxygen atoms in total. The molecule has 0 saturated carbocycles. The van der Waals surface area contributed by atoms with Gasteiger partial charge >= 0.3 is 0 Å². The van der Waals surface area contributed by atoms with Gasteiger partial charge in [-0.05, 0) is 61.0 Å². The zero-order chi connectivity index (χ0) is 25.0. The number of hydrogen-bond acceptors (Lipinski definition) is 6. The summed E-state index contributed by atoms with van der Waals surface area (Å²) in [6, 6.07) is 18.2. The normalized spacial score (nSPS) is 15.1. The van der Waals surface area contributed by atoms with E-state index in [2.05, 4.69) is 5.32 Å². The van der Waals surface area contributed by atoms with Gasteiger partial charge in [-0.1, -0.05) is 29.8 Å². The van der Waals surface area contributed by atoms with Crippen LogP contribution < -0.4 is 23.8 Å². The third-order valence-electron chi connectivity index (χ3n) is 5.48. The molecule has 35 heavy (non-hydrogen) atoms. The zero-order valence-corrected chi connectivity index (χ0v) is 20.8. The Kier molecular flexibility index (Phi) is 7.37. The smallest absolute Gasteiger partial charge is 0.264 e. The van der Waals surface area contributed by atoms with E-state index in [1.54, 1.807) is 24.3 Å². The summed E-state index contributed by atoms with van der Waals surface area (Å²) in [6.07, 6.45) is -1.06. The molecule has 1 aliphatic rings. The van der Waals surface area contributed by atoms with Crippen LogP contribution in [0.1, 0.15) is 5.56 Å². The minimum atomic E-state index is -4.02. The molecule has 0 aromatic heterocycles. The third kappa shape index (κ3) is 5.47. The number of anilines is 1. The number of carbonyl (C=O) groups excluding carboxylic acids is 1. The number of methoxy groups -OCH3 is 1. The molecule has 0 bridgehead atoms. The number of fused-ring (bicyclic) bond motifs is 1. The fraction of sp³-hybridized carbons (Fsp3) is 0.240. The Bertz CT molecular complexity index is 1310. The first-order valence-corrected chi connectivity index (χ1v) is 12.7. The Balaban J connectivity index is 1.50. The van der Waals surface area contributed by atoms with Crippen molar-refractivity contribution in [3.8, 4) is 17.2 Å². The van der Waals surface area contributed by atoms with Gasteiger partial charge in [-0.2, -0.15) is 0 Å². The summed E-state index contributed by atoms with van der Waals surface area (Å²) in [6.45, 7) is 2.20. The van der Waals surface area contributed by atoms with E-state index in [1.807, 2.05) is 31.2 Å². The maximum Gasteiger partial charge on any atom is 0.264 e. The van der Waals surface area contributed by atoms with Crippen LogP contribution in [0.5, 0.6) is 17.2 Å². The van der Waals surface area contributed by atoms with Crippen LogP contribution in [0.3, 0.4) is 0 Å². The summed E-state index contributed by atoms with van der Waals surface area (Å²) in [5, 5.41) is 3.10. The molecule has 184 valence electrons. The molecule has 1 atom stereocenters. The van der Waals surface area contributed by atoms with E-state index in [-0.39, 0.29) is 36.0 Å². The fourth-order valence-electron chi connectivity index (χ4n) is 3.63. The third-order valence-corrected chi connectivity index (χ3v) is 7.51. The van der Waals surface area contributed by atoms with E-state index >= 15 is 0 Å². The molecular formula is C25H25ClN2O6S. The zero-order valence-electron chi connectivity index (χ0n) is 19.2. The molecule has 3 aromatic carbocycles. The minimum absolute atomic E-state index is 0.0527. The number of ether oxygens (including phenoxy) is 3. The lowest BCUT2D eigenvalue weighted by Crippen LogP contribution is -2.51. The van der Waals surface area contributed by atoms with Crippen LogP contribution in [0.15, 0.2) is 71.6 Å². The van der Waals surface area contributed by atoms with Crippen LogP contribution in [0, 0.1) is 6.92 Å². The number of amides is 1. The standard InChI is InChI=1S/C25H25ClN2O6S/c1-17-5-3-4-6-22(17)33-14-13-27-25(29)24-16-28(21-15-18(26)7-12-23(21)34-24)35(30,31)20-10-8-19(32-2)9-11-20/h3-12,15,24H,13-14,16H2,1-2H3,(H,27,29)/t24-/m1/s1. The van der Waals surface area contributed by atoms with Gasteiger partial charge in [0.2, 0.25) is 0 Å². The molecule has 0 aliphatic carbocycles. The topological polar surface area (TPSA) is 94.2 Å². The highest BCUT2D eigenvalue weighted by Crippen LogP contribution is 2.39. The number of para-hydroxylation sites is 1. The predicted octanol–water partition coefficient (Wildman–Crippen LogP) is 3.81. The Morgan fingerprint density at radius 1 is 1.14 bits per heavy atom. The number of halogens is 1. The number of nitrogens with one attached hydrogen (secondary N) is 1. The maximum absolute atomic E-state index is 13.5. The molecule has 3 aromatic rings. The first-order chi connectivity index (χ1) is 16.8. The number of aryl methyl sites for hydroxylation is 1. The largest absolute Gasteiger partial charge is 0.497 e. The monoisotopic (exact) mass is 516 g/mol. The van der Waals surface area contributed by atoms with Crippen LogP contribution >= 0.6 is 11.6 Å². The van der Waals surface area contributed by atoms with Crippen molar-refractivity contribution in [1.29, 1.82) is 0 Å². The van der Waals surface area contributed by atoms with Crippen molar-refractivity contribution in [3.63, 3.8) is 0 Å². The van der Waals surface area contributed by atoms with Gasteiger partial charge in [0.05, 0.1) is 30.8 Å². The molecule has 0 fully saturated rings. The van der Waals surface area contributed by atoms with E-state index in [4.69, 9.17) is 25.8 Å². The van der Waals surface area contributed by atoms with E-state index in [0.29, 0.717) is 10.8 Å². The van der Waals surface area contributed by atoms with E-state index < -0.39 is 22.0 Å². The summed E-state index contributed by atoms with van der Waals surface area (Å²) in [4.78, 5) is 12.9. The molecule has 0 radical (unpaired) electrons. The van der Waals surface area contributed by atoms with Gasteiger partial charge in [0.25, 0.3) is 15.9 Å². The highest BCUT2D eigenvalue weighted by Gasteiger charge is 2.37. The Hall–Kier alpha value is -3.43. The lowest BCUT2D eigenvalue weighted by atomic mass is 10.2. The summed E-state index contributed by atoms with van der Waals surface area (Å²) in [7, 11) is -2.52. The predicted molar refractivity (Wildman–Crippen MR) is 133 cm³/mol. The van der Waals surface area contributed by atoms with Crippen molar-refractivity contribution in [2.45, 2.75) is 17.9 Å². The Morgan fingerprint density at radius 2 is 1.89 bits per heavy atom. The van der Waals surface area contributed by atoms with Gasteiger partial charge < -0.3 is 19.5 Å². The highest BCUT2D eigenvalue weighted by atomic mass is 35.5. The highest BCUT2D eigenvalue weighted by molar-refractivity contribution is 7.92. The van der Waals surface area contributed by atoms with Crippen molar-refractivity contribution >= 4 is 33.2 Å². The van der Waals surface area contributed by atoms with Crippen molar-refractivity contribution in [2.75, 3.05) is 31.1 Å². The van der Waals surface area contributed by atoms with E-state index in [1.165, 1.54) is 25.3 Å². The Morgan fingerprint density at radius 3 is 2.60 bits per heavy atom. The second-order valence-electron chi connectivity index (χ2n) is 7.84. The van der Waals surface area contributed by atoms with Gasteiger partial charge in [0, 0.05) is 5.02 Å². The van der Waals surface area contributed by atoms with Gasteiger partial charge in [0.15, 0.2) is 6.10 Å². The van der Waals surface area contributed by atoms with Crippen LogP contribution in [-0.2, 0) is 14.8 Å². The van der Waals surface area contributed by atoms with Crippen molar-refractivity contribution in [3.05, 3.63) is 77.3 Å². The summed E-state index contributed by atoms with van der Waals surface area (Å²) >= 11 is 6.14. The number of nitrogens with zero attached hydrogens (tertiary/aromatic N) is 1. The van der Waals surface area contributed by atoms with Crippen LogP contribution in [0.4, 0.5) is 5.69 Å². The first-order valence-electron chi connectivity index (χ1n) is 10.9. The lowest BCUT2D eigenvalue weighted by molar-refractivity contribution is -0.127. The molecular weight excluding hydrogens is 492 g/mol. The van der Waals surface area contributed by atoms with Crippen LogP contribution in [-0.4, -0.2) is 47.2 Å². The average molecular weight is 517 g/mol. The molecule has 0 unspecified atom stereocenters. The molecule has 0 spiro atoms. The lowest BCUT2D eigenvalue weighted by Gasteiger charge is -2.34. The van der Waals surface area contributed by atoms with Crippen LogP contribution in [0.25, 0.3) is 0 Å². The summed E-state index contributed by atoms with van der Waals surface area (Å²) in [5.41, 5.74) is 1.25. The van der Waals surface area contributed by atoms with Crippen molar-refractivity contribution in [1.82, 2.24) is 5.32 Å². The second-order valence-corrected chi connectivity index (χ2v) is 10.1. The summed E-state index contributed by atoms with van der Waals surface area (Å²) < 4.78 is 44.8. The maximum atomic E-state index is 13.5. The number of rotatable bonds is 8. The minimum Gasteiger partial charge on any atom is -0.497 e. The number of carbonyl (C=O) groups is 1. The second kappa shape index (κ2) is 10.5. The number of sulfonamides is 1. The fourth-order valence-corrected chi connectivity index (χ4v) is 5.27. The quantitative estimate of drug-likeness (QED) is 0.458. The molecule has 4 rings (SSSR count). The molecule has 1 heterocycles. The first kappa shape index (κ1) is 24.7. The molecule has 1 N–H and O–H groups in total. The van der Waals surface area contributed by atoms with Gasteiger partial charge in [-0.25, -0.2) is 8.42 Å². The van der Waals surface area contributed by atoms with Gasteiger partial charge in [-0.15, -0.1) is 0 Å². The molecule has 1 aliphatic heterocycles. The SMILES string of the molecule is COc1ccc(S(=O)(=O)N2C[C@H](C(=O)NCCOc3ccccc3C)Oc3ccc(Cl)cc32)cc1. The summed E-state index contributed by atoms with van der Waals surface area (Å²) in [5.74, 6) is 1.06. The molecule has 1 amide bonds. The van der Waals surface area contributed by atoms with Crippen molar-refractivity contribution < 1.29 is 27.4 Å². The van der Waals surface area contributed by atoms with Gasteiger partial charge in [0.1, 0.15) is 23.9 Å². The number of hydrogen-bond donors (Lipinski definition) is 1. The van der Waals surface area contributed by atoms with Crippen LogP contribution in [0.2, 0.25) is 5.02 Å².